The molecule has 3 aromatic rings. The first kappa shape index (κ1) is 16.4. The van der Waals surface area contributed by atoms with Crippen LogP contribution in [0, 0.1) is 0 Å². The van der Waals surface area contributed by atoms with Crippen molar-refractivity contribution in [2.75, 3.05) is 13.7 Å². The second-order valence-corrected chi connectivity index (χ2v) is 6.19. The van der Waals surface area contributed by atoms with Crippen LogP contribution < -0.4 is 5.32 Å². The Morgan fingerprint density at radius 2 is 2.00 bits per heavy atom. The molecule has 0 spiro atoms. The van der Waals surface area contributed by atoms with E-state index < -0.39 is 6.10 Å². The molecule has 1 aliphatic carbocycles. The number of fused-ring (bicyclic) bond motifs is 2. The summed E-state index contributed by atoms with van der Waals surface area (Å²) < 4.78 is 5.55. The fraction of sp³-hybridized carbons (Fsp3) is 0.200. The monoisotopic (exact) mass is 347 g/mol. The van der Waals surface area contributed by atoms with Gasteiger partial charge in [0.15, 0.2) is 0 Å². The molecule has 0 bridgehead atoms. The number of allylic oxidation sites excluding steroid dienone is 1. The maximum atomic E-state index is 12.7. The Bertz CT molecular complexity index is 1090. The molecule has 0 aliphatic heterocycles. The molecule has 2 heterocycles. The van der Waals surface area contributed by atoms with E-state index in [1.54, 1.807) is 13.3 Å². The molecule has 0 fully saturated rings. The summed E-state index contributed by atoms with van der Waals surface area (Å²) in [6.07, 6.45) is 2.69. The van der Waals surface area contributed by atoms with Crippen molar-refractivity contribution in [3.05, 3.63) is 54.0 Å². The second-order valence-electron chi connectivity index (χ2n) is 6.19. The predicted octanol–water partition coefficient (Wildman–Crippen LogP) is 2.51. The van der Waals surface area contributed by atoms with Gasteiger partial charge in [0, 0.05) is 43.1 Å². The van der Waals surface area contributed by atoms with Crippen LogP contribution in [0.1, 0.15) is 23.1 Å². The first-order valence-electron chi connectivity index (χ1n) is 8.31. The highest BCUT2D eigenvalue weighted by molar-refractivity contribution is 6.24. The third-order valence-corrected chi connectivity index (χ3v) is 4.58. The lowest BCUT2D eigenvalue weighted by Crippen LogP contribution is -2.33. The van der Waals surface area contributed by atoms with Gasteiger partial charge in [-0.3, -0.25) is 14.6 Å². The zero-order valence-corrected chi connectivity index (χ0v) is 14.4. The van der Waals surface area contributed by atoms with Gasteiger partial charge in [-0.2, -0.15) is 0 Å². The molecule has 0 unspecified atom stereocenters. The smallest absolute Gasteiger partial charge is 0.216 e. The number of amides is 1. The average Bonchev–Trinajstić information content (AvgIpc) is 2.65. The fourth-order valence-corrected chi connectivity index (χ4v) is 3.38. The summed E-state index contributed by atoms with van der Waals surface area (Å²) in [5, 5.41) is 5.38. The zero-order valence-electron chi connectivity index (χ0n) is 14.4. The van der Waals surface area contributed by atoms with Crippen LogP contribution in [0.3, 0.4) is 0 Å². The Morgan fingerprint density at radius 3 is 2.77 bits per heavy atom. The van der Waals surface area contributed by atoms with Gasteiger partial charge >= 0.3 is 0 Å². The fourth-order valence-electron chi connectivity index (χ4n) is 3.38. The van der Waals surface area contributed by atoms with Crippen LogP contribution in [0.5, 0.6) is 0 Å². The van der Waals surface area contributed by atoms with Crippen LogP contribution in [0.4, 0.5) is 0 Å². The Morgan fingerprint density at radius 1 is 1.19 bits per heavy atom. The lowest BCUT2D eigenvalue weighted by atomic mass is 9.90. The molecule has 0 radical (unpaired) electrons. The number of ketones is 1. The Balaban J connectivity index is 1.98. The maximum absolute atomic E-state index is 12.7. The van der Waals surface area contributed by atoms with Crippen molar-refractivity contribution in [2.24, 2.45) is 0 Å². The van der Waals surface area contributed by atoms with Crippen molar-refractivity contribution in [3.63, 3.8) is 0 Å². The molecule has 1 N–H and O–H groups in total. The minimum absolute atomic E-state index is 0.159. The molecule has 4 rings (SSSR count). The second kappa shape index (κ2) is 6.31. The van der Waals surface area contributed by atoms with Crippen molar-refractivity contribution >= 4 is 38.9 Å². The van der Waals surface area contributed by atoms with Gasteiger partial charge < -0.3 is 10.1 Å². The molecule has 0 saturated carbocycles. The maximum Gasteiger partial charge on any atom is 0.216 e. The number of carbonyl (C=O) groups is 2. The molecule has 1 aliphatic rings. The normalized spacial score (nSPS) is 14.4. The number of ether oxygens (including phenoxy) is 1. The van der Waals surface area contributed by atoms with E-state index in [9.17, 15) is 9.59 Å². The number of rotatable bonds is 4. The predicted molar refractivity (Wildman–Crippen MR) is 98.8 cm³/mol. The lowest BCUT2D eigenvalue weighted by molar-refractivity contribution is -0.119. The van der Waals surface area contributed by atoms with Crippen molar-refractivity contribution in [1.29, 1.82) is 0 Å². The van der Waals surface area contributed by atoms with E-state index in [-0.39, 0.29) is 18.2 Å². The standard InChI is InChI=1S/C20H17N3O3/c1-11(24)22-10-17(26-2)14-9-16(25)20-18-13(7-8-21-20)12-5-3-4-6-15(12)23-19(14)18/h3-9,17H,10H2,1-2H3,(H,22,24)/t17-/m0/s1. The average molecular weight is 347 g/mol. The van der Waals surface area contributed by atoms with E-state index in [4.69, 9.17) is 9.72 Å². The van der Waals surface area contributed by atoms with Crippen molar-refractivity contribution in [1.82, 2.24) is 15.3 Å². The van der Waals surface area contributed by atoms with Gasteiger partial charge in [-0.25, -0.2) is 4.98 Å². The van der Waals surface area contributed by atoms with E-state index >= 15 is 0 Å². The van der Waals surface area contributed by atoms with Crippen LogP contribution in [0.25, 0.3) is 27.2 Å². The summed E-state index contributed by atoms with van der Waals surface area (Å²) in [6.45, 7) is 1.70. The van der Waals surface area contributed by atoms with E-state index in [1.807, 2.05) is 30.3 Å². The highest BCUT2D eigenvalue weighted by Gasteiger charge is 2.28. The molecular weight excluding hydrogens is 330 g/mol. The van der Waals surface area contributed by atoms with Gasteiger partial charge in [0.25, 0.3) is 0 Å². The van der Waals surface area contributed by atoms with Gasteiger partial charge in [-0.05, 0) is 23.6 Å². The third kappa shape index (κ3) is 2.55. The molecule has 2 aromatic heterocycles. The van der Waals surface area contributed by atoms with Crippen molar-refractivity contribution < 1.29 is 14.3 Å². The van der Waals surface area contributed by atoms with Crippen LogP contribution in [-0.2, 0) is 9.53 Å². The summed E-state index contributed by atoms with van der Waals surface area (Å²) in [4.78, 5) is 33.0. The number of pyridine rings is 2. The van der Waals surface area contributed by atoms with Crippen LogP contribution in [-0.4, -0.2) is 41.4 Å². The number of nitrogens with zero attached hydrogens (tertiary/aromatic N) is 2. The number of methoxy groups -OCH3 is 1. The number of nitrogens with one attached hydrogen (secondary N) is 1. The number of para-hydroxylation sites is 1. The highest BCUT2D eigenvalue weighted by atomic mass is 16.5. The van der Waals surface area contributed by atoms with Gasteiger partial charge in [0.1, 0.15) is 11.8 Å². The van der Waals surface area contributed by atoms with Gasteiger partial charge in [-0.15, -0.1) is 0 Å². The topological polar surface area (TPSA) is 81.2 Å². The van der Waals surface area contributed by atoms with Crippen LogP contribution >= 0.6 is 0 Å². The molecule has 6 heteroatoms. The molecule has 6 nitrogen and oxygen atoms in total. The summed E-state index contributed by atoms with van der Waals surface area (Å²) in [6, 6.07) is 9.70. The molecule has 1 atom stereocenters. The summed E-state index contributed by atoms with van der Waals surface area (Å²) in [5.74, 6) is -0.339. The number of carbonyl (C=O) groups excluding carboxylic acids is 2. The minimum Gasteiger partial charge on any atom is -0.375 e. The summed E-state index contributed by atoms with van der Waals surface area (Å²) >= 11 is 0. The quantitative estimate of drug-likeness (QED) is 0.734. The van der Waals surface area contributed by atoms with E-state index in [2.05, 4.69) is 10.3 Å². The Kier molecular flexibility index (Phi) is 3.97. The highest BCUT2D eigenvalue weighted by Crippen LogP contribution is 2.36. The number of hydrogen-bond acceptors (Lipinski definition) is 5. The summed E-state index contributed by atoms with van der Waals surface area (Å²) in [5.41, 5.74) is 2.57. The van der Waals surface area contributed by atoms with Crippen LogP contribution in [0.15, 0.2) is 42.6 Å². The molecule has 26 heavy (non-hydrogen) atoms. The molecule has 1 aromatic carbocycles. The molecule has 130 valence electrons. The Labute approximate surface area is 149 Å². The van der Waals surface area contributed by atoms with E-state index in [1.165, 1.54) is 13.0 Å². The lowest BCUT2D eigenvalue weighted by Gasteiger charge is -2.23. The molecule has 1 amide bonds. The van der Waals surface area contributed by atoms with Crippen molar-refractivity contribution in [3.8, 4) is 0 Å². The summed E-state index contributed by atoms with van der Waals surface area (Å²) in [7, 11) is 1.55. The first-order valence-corrected chi connectivity index (χ1v) is 8.31. The van der Waals surface area contributed by atoms with E-state index in [0.717, 1.165) is 21.7 Å². The Hall–Kier alpha value is -3.12. The first-order chi connectivity index (χ1) is 12.6. The SMILES string of the molecule is CO[C@@H](CNC(C)=O)C1=CC(=O)c2nccc3c2c1nc1ccccc13. The number of hydrogen-bond donors (Lipinski definition) is 1. The third-order valence-electron chi connectivity index (χ3n) is 4.58. The number of benzene rings is 1. The van der Waals surface area contributed by atoms with Crippen LogP contribution in [0.2, 0.25) is 0 Å². The minimum atomic E-state index is -0.479. The van der Waals surface area contributed by atoms with Crippen molar-refractivity contribution in [2.45, 2.75) is 13.0 Å². The van der Waals surface area contributed by atoms with Gasteiger partial charge in [-0.1, -0.05) is 18.2 Å². The van der Waals surface area contributed by atoms with Gasteiger partial charge in [0.05, 0.1) is 11.2 Å². The molecule has 0 saturated heterocycles. The zero-order chi connectivity index (χ0) is 18.3. The largest absolute Gasteiger partial charge is 0.375 e. The number of aromatic nitrogens is 2. The molecular formula is C20H17N3O3. The van der Waals surface area contributed by atoms with Gasteiger partial charge in [0.2, 0.25) is 11.7 Å². The van der Waals surface area contributed by atoms with E-state index in [0.29, 0.717) is 17.0 Å².